The summed E-state index contributed by atoms with van der Waals surface area (Å²) in [5.74, 6) is 1.10. The Kier molecular flexibility index (Phi) is 3.61. The van der Waals surface area contributed by atoms with Gasteiger partial charge >= 0.3 is 0 Å². The van der Waals surface area contributed by atoms with Crippen molar-refractivity contribution < 1.29 is 4.74 Å². The number of aromatic nitrogens is 2. The van der Waals surface area contributed by atoms with Crippen LogP contribution in [0.4, 0.5) is 0 Å². The topological polar surface area (TPSA) is 39.1 Å². The maximum absolute atomic E-state index is 5.54. The SMILES string of the molecule is CCOC1CC(NC(C)c2nccn2C)C1. The zero-order valence-corrected chi connectivity index (χ0v) is 10.3. The van der Waals surface area contributed by atoms with E-state index in [1.165, 1.54) is 0 Å². The van der Waals surface area contributed by atoms with E-state index < -0.39 is 0 Å². The first-order valence-electron chi connectivity index (χ1n) is 6.05. The van der Waals surface area contributed by atoms with E-state index in [1.54, 1.807) is 0 Å². The quantitative estimate of drug-likeness (QED) is 0.824. The molecule has 0 saturated heterocycles. The van der Waals surface area contributed by atoms with Crippen LogP contribution in [0.3, 0.4) is 0 Å². The Morgan fingerprint density at radius 1 is 1.62 bits per heavy atom. The van der Waals surface area contributed by atoms with Crippen LogP contribution in [0, 0.1) is 0 Å². The van der Waals surface area contributed by atoms with Crippen LogP contribution < -0.4 is 5.32 Å². The van der Waals surface area contributed by atoms with Gasteiger partial charge in [0.05, 0.1) is 12.1 Å². The second kappa shape index (κ2) is 4.97. The molecule has 16 heavy (non-hydrogen) atoms. The third-order valence-corrected chi connectivity index (χ3v) is 3.23. The van der Waals surface area contributed by atoms with E-state index in [0.717, 1.165) is 25.3 Å². The van der Waals surface area contributed by atoms with Crippen molar-refractivity contribution in [3.63, 3.8) is 0 Å². The molecule has 1 aliphatic carbocycles. The number of imidazole rings is 1. The molecule has 1 fully saturated rings. The molecule has 1 aromatic heterocycles. The number of aryl methyl sites for hydroxylation is 1. The summed E-state index contributed by atoms with van der Waals surface area (Å²) in [7, 11) is 2.03. The van der Waals surface area contributed by atoms with Crippen LogP contribution in [0.15, 0.2) is 12.4 Å². The molecular weight excluding hydrogens is 202 g/mol. The fraction of sp³-hybridized carbons (Fsp3) is 0.750. The van der Waals surface area contributed by atoms with Crippen molar-refractivity contribution in [2.45, 2.75) is 44.9 Å². The van der Waals surface area contributed by atoms with Crippen molar-refractivity contribution in [1.29, 1.82) is 0 Å². The molecule has 0 radical (unpaired) electrons. The highest BCUT2D eigenvalue weighted by atomic mass is 16.5. The van der Waals surface area contributed by atoms with Crippen LogP contribution in [-0.2, 0) is 11.8 Å². The summed E-state index contributed by atoms with van der Waals surface area (Å²) in [6.45, 7) is 5.04. The highest BCUT2D eigenvalue weighted by Gasteiger charge is 2.30. The number of ether oxygens (including phenoxy) is 1. The van der Waals surface area contributed by atoms with Gasteiger partial charge in [-0.05, 0) is 26.7 Å². The largest absolute Gasteiger partial charge is 0.378 e. The lowest BCUT2D eigenvalue weighted by molar-refractivity contribution is -0.0122. The van der Waals surface area contributed by atoms with Gasteiger partial charge in [0.2, 0.25) is 0 Å². The Morgan fingerprint density at radius 2 is 2.38 bits per heavy atom. The zero-order valence-electron chi connectivity index (χ0n) is 10.3. The molecule has 0 spiro atoms. The molecule has 1 N–H and O–H groups in total. The molecule has 1 saturated carbocycles. The monoisotopic (exact) mass is 223 g/mol. The molecule has 1 aromatic rings. The summed E-state index contributed by atoms with van der Waals surface area (Å²) < 4.78 is 7.61. The van der Waals surface area contributed by atoms with Crippen molar-refractivity contribution >= 4 is 0 Å². The third kappa shape index (κ3) is 2.44. The molecule has 0 aliphatic heterocycles. The molecule has 4 heteroatoms. The summed E-state index contributed by atoms with van der Waals surface area (Å²) in [5.41, 5.74) is 0. The van der Waals surface area contributed by atoms with E-state index in [4.69, 9.17) is 4.74 Å². The minimum absolute atomic E-state index is 0.313. The molecule has 1 heterocycles. The van der Waals surface area contributed by atoms with Gasteiger partial charge in [-0.25, -0.2) is 4.98 Å². The molecule has 90 valence electrons. The lowest BCUT2D eigenvalue weighted by Gasteiger charge is -2.37. The number of nitrogens with zero attached hydrogens (tertiary/aromatic N) is 2. The number of rotatable bonds is 5. The maximum Gasteiger partial charge on any atom is 0.125 e. The van der Waals surface area contributed by atoms with Gasteiger partial charge in [-0.15, -0.1) is 0 Å². The van der Waals surface area contributed by atoms with Crippen LogP contribution in [-0.4, -0.2) is 28.3 Å². The fourth-order valence-corrected chi connectivity index (χ4v) is 2.30. The maximum atomic E-state index is 5.54. The lowest BCUT2D eigenvalue weighted by atomic mass is 9.88. The van der Waals surface area contributed by atoms with Crippen molar-refractivity contribution in [2.24, 2.45) is 7.05 Å². The predicted molar refractivity (Wildman–Crippen MR) is 63.2 cm³/mol. The number of hydrogen-bond donors (Lipinski definition) is 1. The van der Waals surface area contributed by atoms with Crippen molar-refractivity contribution in [3.8, 4) is 0 Å². The second-order valence-electron chi connectivity index (χ2n) is 4.53. The molecule has 4 nitrogen and oxygen atoms in total. The van der Waals surface area contributed by atoms with Crippen molar-refractivity contribution in [2.75, 3.05) is 6.61 Å². The molecule has 0 amide bonds. The van der Waals surface area contributed by atoms with Crippen LogP contribution in [0.1, 0.15) is 38.6 Å². The molecule has 2 rings (SSSR count). The first kappa shape index (κ1) is 11.6. The van der Waals surface area contributed by atoms with Crippen LogP contribution in [0.25, 0.3) is 0 Å². The van der Waals surface area contributed by atoms with Crippen molar-refractivity contribution in [3.05, 3.63) is 18.2 Å². The fourth-order valence-electron chi connectivity index (χ4n) is 2.30. The zero-order chi connectivity index (χ0) is 11.5. The van der Waals surface area contributed by atoms with E-state index >= 15 is 0 Å². The van der Waals surface area contributed by atoms with Crippen LogP contribution >= 0.6 is 0 Å². The number of nitrogens with one attached hydrogen (secondary N) is 1. The summed E-state index contributed by atoms with van der Waals surface area (Å²) in [4.78, 5) is 4.35. The minimum Gasteiger partial charge on any atom is -0.378 e. The van der Waals surface area contributed by atoms with Gasteiger partial charge in [-0.2, -0.15) is 0 Å². The summed E-state index contributed by atoms with van der Waals surface area (Å²) in [6.07, 6.45) is 6.55. The van der Waals surface area contributed by atoms with Gasteiger partial charge in [0, 0.05) is 32.1 Å². The summed E-state index contributed by atoms with van der Waals surface area (Å²) >= 11 is 0. The minimum atomic E-state index is 0.313. The summed E-state index contributed by atoms with van der Waals surface area (Å²) in [6, 6.07) is 0.899. The van der Waals surface area contributed by atoms with Gasteiger partial charge in [0.15, 0.2) is 0 Å². The molecular formula is C12H21N3O. The molecule has 0 bridgehead atoms. The third-order valence-electron chi connectivity index (χ3n) is 3.23. The van der Waals surface area contributed by atoms with Gasteiger partial charge in [-0.3, -0.25) is 0 Å². The Hall–Kier alpha value is -0.870. The standard InChI is InChI=1S/C12H21N3O/c1-4-16-11-7-10(8-11)14-9(2)12-13-5-6-15(12)3/h5-6,9-11,14H,4,7-8H2,1-3H3. The first-order valence-corrected chi connectivity index (χ1v) is 6.05. The van der Waals surface area contributed by atoms with Gasteiger partial charge in [0.1, 0.15) is 5.82 Å². The lowest BCUT2D eigenvalue weighted by Crippen LogP contribution is -2.46. The van der Waals surface area contributed by atoms with Gasteiger partial charge < -0.3 is 14.6 Å². The summed E-state index contributed by atoms with van der Waals surface area (Å²) in [5, 5.41) is 3.58. The highest BCUT2D eigenvalue weighted by molar-refractivity contribution is 4.99. The van der Waals surface area contributed by atoms with E-state index in [2.05, 4.69) is 28.7 Å². The molecule has 0 aromatic carbocycles. The highest BCUT2D eigenvalue weighted by Crippen LogP contribution is 2.25. The van der Waals surface area contributed by atoms with Gasteiger partial charge in [-0.1, -0.05) is 0 Å². The molecule has 1 atom stereocenters. The Bertz CT molecular complexity index is 331. The van der Waals surface area contributed by atoms with E-state index in [0.29, 0.717) is 18.2 Å². The van der Waals surface area contributed by atoms with Crippen LogP contribution in [0.2, 0.25) is 0 Å². The van der Waals surface area contributed by atoms with E-state index in [1.807, 2.05) is 19.4 Å². The average molecular weight is 223 g/mol. The Balaban J connectivity index is 1.77. The average Bonchev–Trinajstić information content (AvgIpc) is 2.61. The van der Waals surface area contributed by atoms with Crippen LogP contribution in [0.5, 0.6) is 0 Å². The number of hydrogen-bond acceptors (Lipinski definition) is 3. The second-order valence-corrected chi connectivity index (χ2v) is 4.53. The first-order chi connectivity index (χ1) is 7.70. The predicted octanol–water partition coefficient (Wildman–Crippen LogP) is 1.64. The normalized spacial score (nSPS) is 26.4. The van der Waals surface area contributed by atoms with E-state index in [9.17, 15) is 0 Å². The smallest absolute Gasteiger partial charge is 0.125 e. The Morgan fingerprint density at radius 3 is 2.94 bits per heavy atom. The Labute approximate surface area is 97.0 Å². The van der Waals surface area contributed by atoms with E-state index in [-0.39, 0.29) is 0 Å². The van der Waals surface area contributed by atoms with Gasteiger partial charge in [0.25, 0.3) is 0 Å². The molecule has 1 unspecified atom stereocenters. The van der Waals surface area contributed by atoms with Crippen molar-refractivity contribution in [1.82, 2.24) is 14.9 Å². The molecule has 1 aliphatic rings.